The zero-order chi connectivity index (χ0) is 14.1. The van der Waals surface area contributed by atoms with E-state index >= 15 is 0 Å². The van der Waals surface area contributed by atoms with Gasteiger partial charge in [0, 0.05) is 7.05 Å². The Morgan fingerprint density at radius 2 is 2.10 bits per heavy atom. The smallest absolute Gasteiger partial charge is 0.0695 e. The fourth-order valence-corrected chi connectivity index (χ4v) is 3.97. The lowest BCUT2D eigenvalue weighted by molar-refractivity contribution is 0.327. The highest BCUT2D eigenvalue weighted by Crippen LogP contribution is 2.36. The van der Waals surface area contributed by atoms with Crippen LogP contribution in [0.15, 0.2) is 34.9 Å². The minimum Gasteiger partial charge on any atom is -0.311 e. The van der Waals surface area contributed by atoms with Crippen LogP contribution in [0.3, 0.4) is 0 Å². The monoisotopic (exact) mass is 333 g/mol. The van der Waals surface area contributed by atoms with Crippen molar-refractivity contribution in [2.24, 2.45) is 13.0 Å². The van der Waals surface area contributed by atoms with Crippen molar-refractivity contribution in [2.45, 2.75) is 25.3 Å². The summed E-state index contributed by atoms with van der Waals surface area (Å²) in [5.41, 5.74) is 4.27. The molecular weight excluding hydrogens is 314 g/mol. The first-order valence-corrected chi connectivity index (χ1v) is 7.91. The first-order valence-electron chi connectivity index (χ1n) is 7.12. The number of aromatic nitrogens is 2. The molecule has 2 aromatic rings. The van der Waals surface area contributed by atoms with Crippen LogP contribution < -0.4 is 5.32 Å². The van der Waals surface area contributed by atoms with Gasteiger partial charge < -0.3 is 5.32 Å². The molecule has 1 aromatic carbocycles. The van der Waals surface area contributed by atoms with Gasteiger partial charge in [0.25, 0.3) is 0 Å². The summed E-state index contributed by atoms with van der Waals surface area (Å²) in [6, 6.07) is 9.17. The van der Waals surface area contributed by atoms with Crippen molar-refractivity contribution in [3.8, 4) is 0 Å². The molecule has 106 valence electrons. The summed E-state index contributed by atoms with van der Waals surface area (Å²) in [6.07, 6.45) is 5.42. The number of aryl methyl sites for hydroxylation is 2. The molecule has 1 aromatic heterocycles. The summed E-state index contributed by atoms with van der Waals surface area (Å²) in [5, 5.41) is 7.85. The summed E-state index contributed by atoms with van der Waals surface area (Å²) < 4.78 is 3.07. The van der Waals surface area contributed by atoms with Gasteiger partial charge in [-0.05, 0) is 59.3 Å². The van der Waals surface area contributed by atoms with E-state index in [0.29, 0.717) is 12.0 Å². The molecule has 20 heavy (non-hydrogen) atoms. The van der Waals surface area contributed by atoms with E-state index in [1.165, 1.54) is 29.7 Å². The molecule has 0 amide bonds. The van der Waals surface area contributed by atoms with Gasteiger partial charge in [-0.3, -0.25) is 4.68 Å². The molecule has 2 atom stereocenters. The SMILES string of the molecule is CNC(c1c(Br)cnn1C)C1CCc2ccccc2C1. The Bertz CT molecular complexity index is 586. The zero-order valence-corrected chi connectivity index (χ0v) is 13.5. The average molecular weight is 334 g/mol. The number of benzene rings is 1. The third-order valence-corrected chi connectivity index (χ3v) is 5.01. The molecular formula is C16H20BrN3. The number of hydrogen-bond acceptors (Lipinski definition) is 2. The van der Waals surface area contributed by atoms with Crippen LogP contribution in [0.4, 0.5) is 0 Å². The summed E-state index contributed by atoms with van der Waals surface area (Å²) in [6.45, 7) is 0. The van der Waals surface area contributed by atoms with Gasteiger partial charge >= 0.3 is 0 Å². The maximum atomic E-state index is 4.35. The predicted molar refractivity (Wildman–Crippen MR) is 84.7 cm³/mol. The highest BCUT2D eigenvalue weighted by Gasteiger charge is 2.29. The second-order valence-corrected chi connectivity index (χ2v) is 6.39. The van der Waals surface area contributed by atoms with E-state index in [1.807, 2.05) is 25.0 Å². The quantitative estimate of drug-likeness (QED) is 0.934. The van der Waals surface area contributed by atoms with Crippen LogP contribution in [-0.2, 0) is 19.9 Å². The standard InChI is InChI=1S/C16H20BrN3/c1-18-15(16-14(17)10-19-20(16)2)13-8-7-11-5-3-4-6-12(11)9-13/h3-6,10,13,15,18H,7-9H2,1-2H3. The highest BCUT2D eigenvalue weighted by atomic mass is 79.9. The molecule has 4 heteroatoms. The van der Waals surface area contributed by atoms with Gasteiger partial charge in [0.15, 0.2) is 0 Å². The van der Waals surface area contributed by atoms with Crippen molar-refractivity contribution in [1.82, 2.24) is 15.1 Å². The third kappa shape index (κ3) is 2.42. The summed E-state index contributed by atoms with van der Waals surface area (Å²) >= 11 is 3.63. The Labute approximate surface area is 128 Å². The lowest BCUT2D eigenvalue weighted by Crippen LogP contribution is -2.31. The molecule has 0 bridgehead atoms. The number of fused-ring (bicyclic) bond motifs is 1. The molecule has 2 unspecified atom stereocenters. The maximum Gasteiger partial charge on any atom is 0.0695 e. The fourth-order valence-electron chi connectivity index (χ4n) is 3.38. The van der Waals surface area contributed by atoms with Gasteiger partial charge in [-0.15, -0.1) is 0 Å². The molecule has 3 rings (SSSR count). The predicted octanol–water partition coefficient (Wildman–Crippen LogP) is 3.25. The van der Waals surface area contributed by atoms with Crippen molar-refractivity contribution >= 4 is 15.9 Å². The Hall–Kier alpha value is -1.13. The maximum absolute atomic E-state index is 4.35. The third-order valence-electron chi connectivity index (χ3n) is 4.40. The number of nitrogens with zero attached hydrogens (tertiary/aromatic N) is 2. The van der Waals surface area contributed by atoms with E-state index in [0.717, 1.165) is 10.9 Å². The number of hydrogen-bond donors (Lipinski definition) is 1. The molecule has 1 N–H and O–H groups in total. The number of nitrogens with one attached hydrogen (secondary N) is 1. The van der Waals surface area contributed by atoms with Crippen LogP contribution in [0.5, 0.6) is 0 Å². The molecule has 0 aliphatic heterocycles. The van der Waals surface area contributed by atoms with Gasteiger partial charge in [0.05, 0.1) is 22.4 Å². The van der Waals surface area contributed by atoms with E-state index in [9.17, 15) is 0 Å². The van der Waals surface area contributed by atoms with E-state index in [1.54, 1.807) is 0 Å². The van der Waals surface area contributed by atoms with Gasteiger partial charge in [-0.1, -0.05) is 24.3 Å². The highest BCUT2D eigenvalue weighted by molar-refractivity contribution is 9.10. The average Bonchev–Trinajstić information content (AvgIpc) is 2.80. The first kappa shape index (κ1) is 13.8. The minimum absolute atomic E-state index is 0.338. The molecule has 0 saturated heterocycles. The van der Waals surface area contributed by atoms with E-state index in [4.69, 9.17) is 0 Å². The molecule has 1 aliphatic rings. The van der Waals surface area contributed by atoms with Gasteiger partial charge in [-0.2, -0.15) is 5.10 Å². The number of halogens is 1. The Morgan fingerprint density at radius 1 is 1.35 bits per heavy atom. The van der Waals surface area contributed by atoms with Crippen LogP contribution in [-0.4, -0.2) is 16.8 Å². The number of rotatable bonds is 3. The van der Waals surface area contributed by atoms with E-state index < -0.39 is 0 Å². The Morgan fingerprint density at radius 3 is 2.75 bits per heavy atom. The summed E-state index contributed by atoms with van der Waals surface area (Å²) in [7, 11) is 4.06. The lowest BCUT2D eigenvalue weighted by Gasteiger charge is -2.31. The molecule has 0 fully saturated rings. The molecule has 1 aliphatic carbocycles. The van der Waals surface area contributed by atoms with Crippen LogP contribution in [0.2, 0.25) is 0 Å². The lowest BCUT2D eigenvalue weighted by atomic mass is 9.79. The summed E-state index contributed by atoms with van der Waals surface area (Å²) in [4.78, 5) is 0. The zero-order valence-electron chi connectivity index (χ0n) is 11.9. The molecule has 1 heterocycles. The van der Waals surface area contributed by atoms with Gasteiger partial charge in [0.1, 0.15) is 0 Å². The molecule has 3 nitrogen and oxygen atoms in total. The van der Waals surface area contributed by atoms with Crippen LogP contribution >= 0.6 is 15.9 Å². The minimum atomic E-state index is 0.338. The molecule has 0 radical (unpaired) electrons. The van der Waals surface area contributed by atoms with Crippen LogP contribution in [0.25, 0.3) is 0 Å². The van der Waals surface area contributed by atoms with E-state index in [2.05, 4.69) is 50.6 Å². The van der Waals surface area contributed by atoms with Crippen molar-refractivity contribution in [3.63, 3.8) is 0 Å². The Balaban J connectivity index is 1.89. The molecule has 0 saturated carbocycles. The van der Waals surface area contributed by atoms with Gasteiger partial charge in [0.2, 0.25) is 0 Å². The second-order valence-electron chi connectivity index (χ2n) is 5.54. The molecule has 0 spiro atoms. The van der Waals surface area contributed by atoms with Crippen molar-refractivity contribution in [2.75, 3.05) is 7.05 Å². The normalized spacial score (nSPS) is 19.6. The van der Waals surface area contributed by atoms with Crippen LogP contribution in [0.1, 0.15) is 29.3 Å². The fraction of sp³-hybridized carbons (Fsp3) is 0.438. The van der Waals surface area contributed by atoms with Crippen molar-refractivity contribution < 1.29 is 0 Å². The second kappa shape index (κ2) is 5.70. The largest absolute Gasteiger partial charge is 0.311 e. The Kier molecular flexibility index (Phi) is 3.94. The van der Waals surface area contributed by atoms with Crippen molar-refractivity contribution in [3.05, 3.63) is 51.8 Å². The van der Waals surface area contributed by atoms with E-state index in [-0.39, 0.29) is 0 Å². The topological polar surface area (TPSA) is 29.9 Å². The van der Waals surface area contributed by atoms with Gasteiger partial charge in [-0.25, -0.2) is 0 Å². The van der Waals surface area contributed by atoms with Crippen LogP contribution in [0, 0.1) is 5.92 Å². The summed E-state index contributed by atoms with van der Waals surface area (Å²) in [5.74, 6) is 0.613. The first-order chi connectivity index (χ1) is 9.70. The van der Waals surface area contributed by atoms with Crippen molar-refractivity contribution in [1.29, 1.82) is 0 Å².